The van der Waals surface area contributed by atoms with Crippen molar-refractivity contribution in [3.8, 4) is 16.9 Å². The number of ether oxygens (including phenoxy) is 1. The second-order valence-corrected chi connectivity index (χ2v) is 10.9. The number of fused-ring (bicyclic) bond motifs is 1. The molecule has 5 rings (SSSR count). The standard InChI is InChI=1S/C26H17ClF4N4O4S/c27-24-19(5-2-6-20(24)28)15-7-8-23-22(11-15)35(14-17(39-23)13-32-25(36)21-9-10-33-34-21)40(37,38)18-4-1-3-16(12-18)26(29,30)31/h1-9,11-12,17H,13-14H2,(H,32,36)/p+1/t17-/m0/s1. The zero-order chi connectivity index (χ0) is 28.7. The Morgan fingerprint density at radius 3 is 2.67 bits per heavy atom. The van der Waals surface area contributed by atoms with Crippen molar-refractivity contribution in [2.24, 2.45) is 0 Å². The van der Waals surface area contributed by atoms with E-state index in [0.717, 1.165) is 28.6 Å². The minimum atomic E-state index is -4.77. The molecule has 1 aromatic heterocycles. The zero-order valence-corrected chi connectivity index (χ0v) is 21.7. The molecule has 2 N–H and O–H groups in total. The molecule has 1 atom stereocenters. The van der Waals surface area contributed by atoms with E-state index in [1.807, 2.05) is 0 Å². The highest BCUT2D eigenvalue weighted by Crippen LogP contribution is 2.42. The molecule has 0 bridgehead atoms. The van der Waals surface area contributed by atoms with Crippen LogP contribution >= 0.6 is 11.6 Å². The molecule has 1 aliphatic heterocycles. The van der Waals surface area contributed by atoms with Gasteiger partial charge in [0, 0.05) is 5.56 Å². The molecule has 0 saturated heterocycles. The van der Waals surface area contributed by atoms with Crippen LogP contribution in [0.2, 0.25) is 5.02 Å². The number of amides is 1. The molecule has 206 valence electrons. The quantitative estimate of drug-likeness (QED) is 0.325. The van der Waals surface area contributed by atoms with Crippen molar-refractivity contribution in [3.05, 3.63) is 95.0 Å². The van der Waals surface area contributed by atoms with Crippen molar-refractivity contribution in [2.75, 3.05) is 17.4 Å². The van der Waals surface area contributed by atoms with Crippen LogP contribution in [-0.2, 0) is 16.2 Å². The van der Waals surface area contributed by atoms with Crippen LogP contribution in [0, 0.1) is 12.0 Å². The van der Waals surface area contributed by atoms with Crippen molar-refractivity contribution in [1.29, 1.82) is 0 Å². The van der Waals surface area contributed by atoms with E-state index >= 15 is 0 Å². The summed E-state index contributed by atoms with van der Waals surface area (Å²) < 4.78 is 88.7. The Morgan fingerprint density at radius 1 is 1.18 bits per heavy atom. The van der Waals surface area contributed by atoms with Gasteiger partial charge in [0.1, 0.15) is 23.7 Å². The number of carbonyl (C=O) groups excluding carboxylic acids is 1. The van der Waals surface area contributed by atoms with Crippen molar-refractivity contribution in [1.82, 2.24) is 10.4 Å². The number of hydrogen-bond acceptors (Lipinski definition) is 4. The fourth-order valence-electron chi connectivity index (χ4n) is 4.14. The number of alkyl halides is 3. The van der Waals surface area contributed by atoms with Gasteiger partial charge in [0.2, 0.25) is 0 Å². The maximum Gasteiger partial charge on any atom is 0.416 e. The molecule has 14 heteroatoms. The summed E-state index contributed by atoms with van der Waals surface area (Å²) in [5, 5.41) is 8.42. The average Bonchev–Trinajstić information content (AvgIpc) is 3.47. The third-order valence-electron chi connectivity index (χ3n) is 6.09. The molecule has 0 unspecified atom stereocenters. The number of carbonyl (C=O) groups is 1. The molecule has 0 radical (unpaired) electrons. The maximum atomic E-state index is 14.1. The number of nitrogens with zero attached hydrogens (tertiary/aromatic N) is 2. The second-order valence-electron chi connectivity index (χ2n) is 8.71. The van der Waals surface area contributed by atoms with Gasteiger partial charge in [0.15, 0.2) is 5.69 Å². The lowest BCUT2D eigenvalue weighted by Crippen LogP contribution is -2.48. The number of H-pyrrole nitrogens is 1. The molecule has 4 aromatic rings. The fraction of sp³-hybridized carbons (Fsp3) is 0.154. The minimum absolute atomic E-state index is 0.000911. The molecule has 3 aromatic carbocycles. The molecular weight excluding hydrogens is 576 g/mol. The normalized spacial score (nSPS) is 15.1. The molecule has 1 amide bonds. The predicted octanol–water partition coefficient (Wildman–Crippen LogP) is 4.28. The van der Waals surface area contributed by atoms with Crippen molar-refractivity contribution in [3.63, 3.8) is 0 Å². The molecule has 8 nitrogen and oxygen atoms in total. The zero-order valence-electron chi connectivity index (χ0n) is 20.2. The van der Waals surface area contributed by atoms with Crippen LogP contribution in [-0.4, -0.2) is 38.6 Å². The molecule has 0 aliphatic carbocycles. The summed E-state index contributed by atoms with van der Waals surface area (Å²) in [5.74, 6) is -1.16. The highest BCUT2D eigenvalue weighted by Gasteiger charge is 2.37. The van der Waals surface area contributed by atoms with E-state index in [1.165, 1.54) is 36.4 Å². The monoisotopic (exact) mass is 593 g/mol. The first-order valence-electron chi connectivity index (χ1n) is 11.6. The number of nitrogens with one attached hydrogen (secondary N) is 2. The van der Waals surface area contributed by atoms with Gasteiger partial charge in [0.05, 0.1) is 39.4 Å². The van der Waals surface area contributed by atoms with Crippen molar-refractivity contribution < 1.29 is 40.6 Å². The van der Waals surface area contributed by atoms with Crippen LogP contribution in [0.5, 0.6) is 5.75 Å². The molecule has 0 spiro atoms. The Kier molecular flexibility index (Phi) is 7.07. The minimum Gasteiger partial charge on any atom is -0.484 e. The van der Waals surface area contributed by atoms with Gasteiger partial charge in [-0.15, -0.1) is 0 Å². The van der Waals surface area contributed by atoms with Crippen LogP contribution in [0.4, 0.5) is 23.2 Å². The molecule has 2 heterocycles. The van der Waals surface area contributed by atoms with Gasteiger partial charge >= 0.3 is 12.4 Å². The number of halogens is 5. The number of hydrogen-bond donors (Lipinski definition) is 2. The van der Waals surface area contributed by atoms with E-state index in [2.05, 4.69) is 21.7 Å². The van der Waals surface area contributed by atoms with Crippen LogP contribution in [0.1, 0.15) is 16.1 Å². The van der Waals surface area contributed by atoms with Gasteiger partial charge in [0.25, 0.3) is 15.9 Å². The van der Waals surface area contributed by atoms with Crippen molar-refractivity contribution >= 4 is 33.2 Å². The summed E-state index contributed by atoms with van der Waals surface area (Å²) in [7, 11) is -4.58. The first-order valence-corrected chi connectivity index (χ1v) is 13.4. The van der Waals surface area contributed by atoms with Crippen LogP contribution in [0.3, 0.4) is 0 Å². The Hall–Kier alpha value is -4.28. The lowest BCUT2D eigenvalue weighted by atomic mass is 10.0. The number of anilines is 1. The average molecular weight is 594 g/mol. The maximum absolute atomic E-state index is 14.1. The van der Waals surface area contributed by atoms with E-state index in [-0.39, 0.29) is 40.8 Å². The van der Waals surface area contributed by atoms with Crippen LogP contribution in [0.25, 0.3) is 11.1 Å². The smallest absolute Gasteiger partial charge is 0.416 e. The highest BCUT2D eigenvalue weighted by molar-refractivity contribution is 7.92. The first kappa shape index (κ1) is 27.3. The van der Waals surface area contributed by atoms with E-state index in [0.29, 0.717) is 11.6 Å². The number of aromatic amines is 1. The number of rotatable bonds is 6. The summed E-state index contributed by atoms with van der Waals surface area (Å²) in [6.07, 6.45) is -3.24. The third-order valence-corrected chi connectivity index (χ3v) is 8.25. The van der Waals surface area contributed by atoms with Gasteiger partial charge in [-0.05, 0) is 47.1 Å². The Balaban J connectivity index is 1.55. The SMILES string of the molecule is O=C(NC[C@H]1CN(S(=O)(=O)c2cccc(C(F)(F)F)c2)c2cc(-c3cccc(F)c3Cl)ccc2O1)c1cc#[n+][nH]1. The topological polar surface area (TPSA) is 106 Å². The van der Waals surface area contributed by atoms with Crippen molar-refractivity contribution in [2.45, 2.75) is 17.2 Å². The van der Waals surface area contributed by atoms with Gasteiger partial charge in [-0.1, -0.05) is 35.9 Å². The van der Waals surface area contributed by atoms with Crippen LogP contribution in [0.15, 0.2) is 71.6 Å². The highest BCUT2D eigenvalue weighted by atomic mass is 35.5. The summed E-state index contributed by atoms with van der Waals surface area (Å²) in [5.41, 5.74) is -0.408. The van der Waals surface area contributed by atoms with Gasteiger partial charge in [-0.2, -0.15) is 13.2 Å². The molecule has 1 aliphatic rings. The number of sulfonamides is 1. The molecule has 0 fully saturated rings. The van der Waals surface area contributed by atoms with E-state index in [9.17, 15) is 30.8 Å². The van der Waals surface area contributed by atoms with Gasteiger partial charge in [-0.3, -0.25) is 9.10 Å². The third kappa shape index (κ3) is 5.28. The molecular formula is C26H18ClF4N4O4S+. The summed E-state index contributed by atoms with van der Waals surface area (Å²) in [4.78, 5) is 11.7. The number of benzene rings is 3. The van der Waals surface area contributed by atoms with E-state index < -0.39 is 44.5 Å². The first-order chi connectivity index (χ1) is 18.9. The summed E-state index contributed by atoms with van der Waals surface area (Å²) in [6.45, 7) is -0.509. The fourth-order valence-corrected chi connectivity index (χ4v) is 5.92. The lowest BCUT2D eigenvalue weighted by molar-refractivity contribution is -0.372. The number of aromatic nitrogens is 2. The largest absolute Gasteiger partial charge is 0.484 e. The van der Waals surface area contributed by atoms with E-state index in [1.54, 1.807) is 0 Å². The summed E-state index contributed by atoms with van der Waals surface area (Å²) in [6, 6.07) is 13.2. The van der Waals surface area contributed by atoms with Crippen LogP contribution < -0.4 is 19.5 Å². The lowest BCUT2D eigenvalue weighted by Gasteiger charge is -2.36. The van der Waals surface area contributed by atoms with E-state index in [4.69, 9.17) is 16.3 Å². The molecule has 0 saturated carbocycles. The Bertz CT molecular complexity index is 1680. The second kappa shape index (κ2) is 10.4. The van der Waals surface area contributed by atoms with Gasteiger partial charge in [-0.25, -0.2) is 12.8 Å². The Morgan fingerprint density at radius 2 is 1.95 bits per heavy atom. The molecule has 40 heavy (non-hydrogen) atoms. The summed E-state index contributed by atoms with van der Waals surface area (Å²) >= 11 is 6.14. The Labute approximate surface area is 230 Å². The predicted molar refractivity (Wildman–Crippen MR) is 135 cm³/mol. The van der Waals surface area contributed by atoms with Gasteiger partial charge < -0.3 is 10.1 Å².